The van der Waals surface area contributed by atoms with Gasteiger partial charge in [0.1, 0.15) is 16.8 Å². The largest absolute Gasteiger partial charge is 0.245 e. The second-order valence-electron chi connectivity index (χ2n) is 7.46. The lowest BCUT2D eigenvalue weighted by Crippen LogP contribution is -2.38. The molecule has 7 nitrogen and oxygen atoms in total. The van der Waals surface area contributed by atoms with Gasteiger partial charge in [0.15, 0.2) is 0 Å². The van der Waals surface area contributed by atoms with Crippen molar-refractivity contribution in [2.24, 2.45) is 5.92 Å². The molecule has 142 valence electrons. The summed E-state index contributed by atoms with van der Waals surface area (Å²) < 4.78 is 43.3. The Kier molecular flexibility index (Phi) is 4.28. The van der Waals surface area contributed by atoms with Crippen molar-refractivity contribution in [3.63, 3.8) is 0 Å². The molecule has 27 heavy (non-hydrogen) atoms. The van der Waals surface area contributed by atoms with E-state index in [2.05, 4.69) is 17.2 Å². The molecular weight excluding hydrogens is 369 g/mol. The third kappa shape index (κ3) is 2.93. The molecule has 0 saturated heterocycles. The third-order valence-electron chi connectivity index (χ3n) is 5.45. The van der Waals surface area contributed by atoms with Gasteiger partial charge in [-0.2, -0.15) is 9.57 Å². The lowest BCUT2D eigenvalue weighted by atomic mass is 9.82. The van der Waals surface area contributed by atoms with Gasteiger partial charge in [-0.05, 0) is 43.4 Å². The minimum atomic E-state index is -3.94. The van der Waals surface area contributed by atoms with Crippen molar-refractivity contribution in [1.82, 2.24) is 19.3 Å². The van der Waals surface area contributed by atoms with Crippen LogP contribution in [-0.4, -0.2) is 34.3 Å². The van der Waals surface area contributed by atoms with Gasteiger partial charge in [-0.1, -0.05) is 12.1 Å². The first kappa shape index (κ1) is 18.1. The lowest BCUT2D eigenvalue weighted by Gasteiger charge is -2.35. The number of aryl methyl sites for hydroxylation is 1. The van der Waals surface area contributed by atoms with Crippen LogP contribution in [0.15, 0.2) is 17.0 Å². The molecule has 0 atom stereocenters. The molecule has 1 aromatic carbocycles. The highest BCUT2D eigenvalue weighted by Crippen LogP contribution is 2.39. The van der Waals surface area contributed by atoms with Gasteiger partial charge >= 0.3 is 0 Å². The van der Waals surface area contributed by atoms with Gasteiger partial charge in [-0.25, -0.2) is 17.5 Å². The molecule has 1 fully saturated rings. The van der Waals surface area contributed by atoms with Gasteiger partial charge in [0.25, 0.3) is 0 Å². The predicted octanol–water partition coefficient (Wildman–Crippen LogP) is 2.32. The molecule has 4 rings (SSSR count). The quantitative estimate of drug-likeness (QED) is 0.803. The second-order valence-corrected chi connectivity index (χ2v) is 9.33. The smallest absolute Gasteiger partial charge is 0.245 e. The topological polar surface area (TPSA) is 91.9 Å². The Morgan fingerprint density at radius 2 is 2.07 bits per heavy atom. The summed E-state index contributed by atoms with van der Waals surface area (Å²) in [5, 5.41) is 17.8. The number of rotatable bonds is 3. The zero-order valence-corrected chi connectivity index (χ0v) is 16.0. The van der Waals surface area contributed by atoms with E-state index in [0.29, 0.717) is 12.3 Å². The molecule has 1 aliphatic carbocycles. The van der Waals surface area contributed by atoms with E-state index in [-0.39, 0.29) is 35.2 Å². The van der Waals surface area contributed by atoms with Gasteiger partial charge in [-0.3, -0.25) is 0 Å². The number of halogens is 1. The predicted molar refractivity (Wildman–Crippen MR) is 94.6 cm³/mol. The highest BCUT2D eigenvalue weighted by atomic mass is 32.2. The molecule has 1 aliphatic heterocycles. The Bertz CT molecular complexity index is 1050. The summed E-state index contributed by atoms with van der Waals surface area (Å²) >= 11 is 0. The van der Waals surface area contributed by atoms with Gasteiger partial charge < -0.3 is 0 Å². The Balaban J connectivity index is 1.70. The number of fused-ring (bicyclic) bond motifs is 1. The maximum atomic E-state index is 13.6. The number of benzene rings is 1. The van der Waals surface area contributed by atoms with Crippen LogP contribution in [0, 0.1) is 30.0 Å². The van der Waals surface area contributed by atoms with Crippen LogP contribution in [0.2, 0.25) is 0 Å². The summed E-state index contributed by atoms with van der Waals surface area (Å²) in [6, 6.07) is 4.19. The molecule has 9 heteroatoms. The monoisotopic (exact) mass is 389 g/mol. The fourth-order valence-electron chi connectivity index (χ4n) is 4.02. The number of nitrogens with zero attached hydrogens (tertiary/aromatic N) is 5. The number of hydrogen-bond donors (Lipinski definition) is 0. The molecular formula is C18H20FN5O2S. The summed E-state index contributed by atoms with van der Waals surface area (Å²) in [4.78, 5) is -0.119. The molecule has 0 unspecified atom stereocenters. The van der Waals surface area contributed by atoms with Crippen LogP contribution in [-0.2, 0) is 23.0 Å². The van der Waals surface area contributed by atoms with Crippen molar-refractivity contribution in [2.45, 2.75) is 50.6 Å². The van der Waals surface area contributed by atoms with Crippen LogP contribution in [0.3, 0.4) is 0 Å². The molecule has 0 spiro atoms. The maximum Gasteiger partial charge on any atom is 0.245 e. The Labute approximate surface area is 157 Å². The van der Waals surface area contributed by atoms with Crippen LogP contribution in [0.1, 0.15) is 48.3 Å². The summed E-state index contributed by atoms with van der Waals surface area (Å²) in [7, 11) is -3.94. The fourth-order valence-corrected chi connectivity index (χ4v) is 5.75. The SMILES string of the molecule is Cc1cc(F)cc(C#N)c1S(=O)(=O)N1CCc2nnn(C3CC(C)C3)c2C1. The first-order chi connectivity index (χ1) is 12.8. The lowest BCUT2D eigenvalue weighted by molar-refractivity contribution is 0.189. The fraction of sp³-hybridized carbons (Fsp3) is 0.500. The van der Waals surface area contributed by atoms with Crippen molar-refractivity contribution < 1.29 is 12.8 Å². The summed E-state index contributed by atoms with van der Waals surface area (Å²) in [5.74, 6) is 0.0173. The molecule has 2 heterocycles. The van der Waals surface area contributed by atoms with E-state index in [1.54, 1.807) is 0 Å². The van der Waals surface area contributed by atoms with Gasteiger partial charge in [0.05, 0.1) is 29.5 Å². The molecule has 1 aromatic heterocycles. The average Bonchev–Trinajstić information content (AvgIpc) is 3.00. The molecule has 0 bridgehead atoms. The zero-order chi connectivity index (χ0) is 19.3. The van der Waals surface area contributed by atoms with Crippen LogP contribution >= 0.6 is 0 Å². The van der Waals surface area contributed by atoms with Crippen molar-refractivity contribution >= 4 is 10.0 Å². The van der Waals surface area contributed by atoms with E-state index in [0.717, 1.165) is 36.4 Å². The highest BCUT2D eigenvalue weighted by Gasteiger charge is 2.37. The van der Waals surface area contributed by atoms with Crippen LogP contribution < -0.4 is 0 Å². The molecule has 2 aliphatic rings. The number of aromatic nitrogens is 3. The van der Waals surface area contributed by atoms with Crippen LogP contribution in [0.5, 0.6) is 0 Å². The van der Waals surface area contributed by atoms with Crippen LogP contribution in [0.4, 0.5) is 4.39 Å². The van der Waals surface area contributed by atoms with Crippen molar-refractivity contribution in [3.8, 4) is 6.07 Å². The highest BCUT2D eigenvalue weighted by molar-refractivity contribution is 7.89. The Morgan fingerprint density at radius 1 is 1.33 bits per heavy atom. The third-order valence-corrected chi connectivity index (χ3v) is 7.50. The standard InChI is InChI=1S/C18H20FN5O2S/c1-11-5-15(6-11)24-17-10-23(4-3-16(17)21-22-24)27(25,26)18-12(2)7-14(19)8-13(18)9-20/h7-8,11,15H,3-6,10H2,1-2H3. The maximum absolute atomic E-state index is 13.6. The van der Waals surface area contributed by atoms with E-state index in [9.17, 15) is 18.1 Å². The van der Waals surface area contributed by atoms with E-state index in [1.807, 2.05) is 10.8 Å². The zero-order valence-electron chi connectivity index (χ0n) is 15.2. The first-order valence-corrected chi connectivity index (χ1v) is 10.4. The van der Waals surface area contributed by atoms with Gasteiger partial charge in [-0.15, -0.1) is 5.10 Å². The minimum absolute atomic E-state index is 0.119. The van der Waals surface area contributed by atoms with Gasteiger partial charge in [0.2, 0.25) is 10.0 Å². The second kappa shape index (κ2) is 6.39. The summed E-state index contributed by atoms with van der Waals surface area (Å²) in [5.41, 5.74) is 1.71. The molecule has 2 aromatic rings. The number of nitriles is 1. The Hall–Kier alpha value is -2.31. The normalized spacial score (nSPS) is 22.7. The van der Waals surface area contributed by atoms with Gasteiger partial charge in [0, 0.05) is 13.0 Å². The molecule has 0 amide bonds. The molecule has 0 radical (unpaired) electrons. The Morgan fingerprint density at radius 3 is 2.74 bits per heavy atom. The van der Waals surface area contributed by atoms with E-state index in [1.165, 1.54) is 11.2 Å². The minimum Gasteiger partial charge on any atom is -0.245 e. The number of hydrogen-bond acceptors (Lipinski definition) is 5. The van der Waals surface area contributed by atoms with Crippen molar-refractivity contribution in [3.05, 3.63) is 40.5 Å². The van der Waals surface area contributed by atoms with E-state index in [4.69, 9.17) is 0 Å². The van der Waals surface area contributed by atoms with E-state index < -0.39 is 15.8 Å². The van der Waals surface area contributed by atoms with E-state index >= 15 is 0 Å². The van der Waals surface area contributed by atoms with Crippen molar-refractivity contribution in [2.75, 3.05) is 6.54 Å². The summed E-state index contributed by atoms with van der Waals surface area (Å²) in [6.07, 6.45) is 2.50. The molecule has 1 saturated carbocycles. The van der Waals surface area contributed by atoms with Crippen molar-refractivity contribution in [1.29, 1.82) is 5.26 Å². The van der Waals surface area contributed by atoms with Crippen LogP contribution in [0.25, 0.3) is 0 Å². The summed E-state index contributed by atoms with van der Waals surface area (Å²) in [6.45, 7) is 4.11. The number of sulfonamides is 1. The first-order valence-electron chi connectivity index (χ1n) is 8.94. The molecule has 0 N–H and O–H groups in total. The average molecular weight is 389 g/mol.